The third-order valence-corrected chi connectivity index (χ3v) is 6.03. The highest BCUT2D eigenvalue weighted by Gasteiger charge is 2.23. The minimum absolute atomic E-state index is 0.145. The highest BCUT2D eigenvalue weighted by Crippen LogP contribution is 2.39. The number of hydrogen-bond acceptors (Lipinski definition) is 7. The van der Waals surface area contributed by atoms with Gasteiger partial charge in [0.05, 0.1) is 23.4 Å². The average molecular weight is 448 g/mol. The molecular weight excluding hydrogens is 426 g/mol. The zero-order valence-corrected chi connectivity index (χ0v) is 18.3. The Morgan fingerprint density at radius 3 is 2.62 bits per heavy atom. The average Bonchev–Trinajstić information content (AvgIpc) is 3.24. The van der Waals surface area contributed by atoms with Gasteiger partial charge in [-0.25, -0.2) is 4.98 Å². The molecule has 0 atom stereocenters. The van der Waals surface area contributed by atoms with Gasteiger partial charge in [-0.3, -0.25) is 14.7 Å². The van der Waals surface area contributed by atoms with Crippen molar-refractivity contribution in [3.8, 4) is 17.2 Å². The summed E-state index contributed by atoms with van der Waals surface area (Å²) >= 11 is 1.45. The number of pyridine rings is 1. The first-order valence-electron chi connectivity index (χ1n) is 10.3. The van der Waals surface area contributed by atoms with Crippen LogP contribution >= 0.6 is 11.3 Å². The molecule has 4 aromatic rings. The van der Waals surface area contributed by atoms with E-state index in [1.165, 1.54) is 11.3 Å². The molecule has 1 aliphatic heterocycles. The number of nitrogens with zero attached hydrogens (tertiary/aromatic N) is 3. The van der Waals surface area contributed by atoms with Crippen molar-refractivity contribution in [3.05, 3.63) is 72.1 Å². The van der Waals surface area contributed by atoms with E-state index in [0.717, 1.165) is 21.5 Å². The smallest absolute Gasteiger partial charge is 0.260 e. The Balaban J connectivity index is 1.52. The molecule has 3 heterocycles. The predicted octanol–water partition coefficient (Wildman–Crippen LogP) is 4.71. The van der Waals surface area contributed by atoms with Crippen molar-refractivity contribution in [2.45, 2.75) is 13.5 Å². The highest BCUT2D eigenvalue weighted by molar-refractivity contribution is 7.22. The SMILES string of the molecule is CCOc1ccc(C(=O)N(Cc2cccnc2)c2nc3cc4c(cc3s2)OCCO4)cc1. The van der Waals surface area contributed by atoms with Crippen LogP contribution < -0.4 is 19.1 Å². The summed E-state index contributed by atoms with van der Waals surface area (Å²) in [6.07, 6.45) is 3.47. The Morgan fingerprint density at radius 1 is 1.12 bits per heavy atom. The summed E-state index contributed by atoms with van der Waals surface area (Å²) < 4.78 is 17.8. The molecule has 0 saturated heterocycles. The molecule has 0 N–H and O–H groups in total. The van der Waals surface area contributed by atoms with Crippen molar-refractivity contribution in [1.82, 2.24) is 9.97 Å². The van der Waals surface area contributed by atoms with Crippen molar-refractivity contribution in [1.29, 1.82) is 0 Å². The molecule has 5 rings (SSSR count). The fourth-order valence-electron chi connectivity index (χ4n) is 3.48. The fraction of sp³-hybridized carbons (Fsp3) is 0.208. The highest BCUT2D eigenvalue weighted by atomic mass is 32.1. The zero-order valence-electron chi connectivity index (χ0n) is 17.5. The Labute approximate surface area is 189 Å². The number of hydrogen-bond donors (Lipinski definition) is 0. The van der Waals surface area contributed by atoms with Crippen LogP contribution in [0.3, 0.4) is 0 Å². The Hall–Kier alpha value is -3.65. The maximum absolute atomic E-state index is 13.5. The molecule has 162 valence electrons. The summed E-state index contributed by atoms with van der Waals surface area (Å²) in [7, 11) is 0. The van der Waals surface area contributed by atoms with Gasteiger partial charge in [-0.2, -0.15) is 0 Å². The van der Waals surface area contributed by atoms with Crippen LogP contribution in [0, 0.1) is 0 Å². The number of carbonyl (C=O) groups excluding carboxylic acids is 1. The number of thiazole rings is 1. The monoisotopic (exact) mass is 447 g/mol. The van der Waals surface area contributed by atoms with E-state index in [9.17, 15) is 4.79 Å². The van der Waals surface area contributed by atoms with Gasteiger partial charge in [-0.15, -0.1) is 0 Å². The number of amides is 1. The van der Waals surface area contributed by atoms with Crippen molar-refractivity contribution in [2.75, 3.05) is 24.7 Å². The van der Waals surface area contributed by atoms with E-state index in [1.807, 2.05) is 31.2 Å². The number of rotatable bonds is 6. The summed E-state index contributed by atoms with van der Waals surface area (Å²) in [4.78, 5) is 24.2. The lowest BCUT2D eigenvalue weighted by Crippen LogP contribution is -2.30. The normalized spacial score (nSPS) is 12.5. The third-order valence-electron chi connectivity index (χ3n) is 4.99. The number of benzene rings is 2. The minimum atomic E-state index is -0.145. The van der Waals surface area contributed by atoms with E-state index in [-0.39, 0.29) is 5.91 Å². The summed E-state index contributed by atoms with van der Waals surface area (Å²) in [5.74, 6) is 1.97. The molecule has 0 radical (unpaired) electrons. The Morgan fingerprint density at radius 2 is 1.91 bits per heavy atom. The maximum Gasteiger partial charge on any atom is 0.260 e. The summed E-state index contributed by atoms with van der Waals surface area (Å²) in [5, 5.41) is 0.602. The molecule has 0 aliphatic carbocycles. The van der Waals surface area contributed by atoms with Gasteiger partial charge < -0.3 is 14.2 Å². The van der Waals surface area contributed by atoms with E-state index < -0.39 is 0 Å². The van der Waals surface area contributed by atoms with Crippen molar-refractivity contribution < 1.29 is 19.0 Å². The van der Waals surface area contributed by atoms with Gasteiger partial charge in [0.2, 0.25) is 0 Å². The van der Waals surface area contributed by atoms with Gasteiger partial charge >= 0.3 is 0 Å². The van der Waals surface area contributed by atoms with Crippen LogP contribution in [0.15, 0.2) is 60.9 Å². The number of aromatic nitrogens is 2. The molecule has 32 heavy (non-hydrogen) atoms. The van der Waals surface area contributed by atoms with Gasteiger partial charge in [-0.1, -0.05) is 17.4 Å². The first kappa shape index (κ1) is 20.3. The van der Waals surface area contributed by atoms with Crippen LogP contribution in [0.5, 0.6) is 17.2 Å². The molecule has 0 saturated carbocycles. The summed E-state index contributed by atoms with van der Waals surface area (Å²) in [5.41, 5.74) is 2.24. The van der Waals surface area contributed by atoms with E-state index in [0.29, 0.717) is 48.6 Å². The second kappa shape index (κ2) is 8.84. The van der Waals surface area contributed by atoms with Crippen LogP contribution in [0.1, 0.15) is 22.8 Å². The zero-order chi connectivity index (χ0) is 21.9. The van der Waals surface area contributed by atoms with Crippen LogP contribution in [-0.2, 0) is 6.54 Å². The summed E-state index contributed by atoms with van der Waals surface area (Å²) in [6.45, 7) is 3.89. The van der Waals surface area contributed by atoms with Gasteiger partial charge in [-0.05, 0) is 42.8 Å². The molecule has 0 spiro atoms. The molecular formula is C24H21N3O4S. The van der Waals surface area contributed by atoms with E-state index >= 15 is 0 Å². The van der Waals surface area contributed by atoms with Gasteiger partial charge in [0.25, 0.3) is 5.91 Å². The first-order valence-corrected chi connectivity index (χ1v) is 11.2. The van der Waals surface area contributed by atoms with E-state index in [2.05, 4.69) is 4.98 Å². The Bertz CT molecular complexity index is 1200. The number of ether oxygens (including phenoxy) is 3. The molecule has 2 aromatic carbocycles. The van der Waals surface area contributed by atoms with Crippen LogP contribution in [0.2, 0.25) is 0 Å². The van der Waals surface area contributed by atoms with Crippen LogP contribution in [0.4, 0.5) is 5.13 Å². The topological polar surface area (TPSA) is 73.8 Å². The molecule has 2 aromatic heterocycles. The fourth-order valence-corrected chi connectivity index (χ4v) is 4.46. The molecule has 8 heteroatoms. The second-order valence-electron chi connectivity index (χ2n) is 7.17. The maximum atomic E-state index is 13.5. The largest absolute Gasteiger partial charge is 0.494 e. The van der Waals surface area contributed by atoms with Gasteiger partial charge in [0.1, 0.15) is 19.0 Å². The van der Waals surface area contributed by atoms with Gasteiger partial charge in [0, 0.05) is 30.1 Å². The van der Waals surface area contributed by atoms with Crippen molar-refractivity contribution in [2.24, 2.45) is 0 Å². The molecule has 7 nitrogen and oxygen atoms in total. The third kappa shape index (κ3) is 4.09. The Kier molecular flexibility index (Phi) is 5.60. The quantitative estimate of drug-likeness (QED) is 0.426. The lowest BCUT2D eigenvalue weighted by atomic mass is 10.2. The standard InChI is InChI=1S/C24H21N3O4S/c1-2-29-18-7-5-17(6-8-18)23(28)27(15-16-4-3-9-25-14-16)24-26-19-12-20-21(13-22(19)32-24)31-11-10-30-20/h3-9,12-14H,2,10-11,15H2,1H3. The molecule has 1 amide bonds. The van der Waals surface area contributed by atoms with Crippen molar-refractivity contribution in [3.63, 3.8) is 0 Å². The van der Waals surface area contributed by atoms with Crippen molar-refractivity contribution >= 4 is 32.6 Å². The minimum Gasteiger partial charge on any atom is -0.494 e. The van der Waals surface area contributed by atoms with E-state index in [1.54, 1.807) is 41.6 Å². The molecule has 0 unspecified atom stereocenters. The second-order valence-corrected chi connectivity index (χ2v) is 8.18. The van der Waals surface area contributed by atoms with Gasteiger partial charge in [0.15, 0.2) is 16.6 Å². The molecule has 1 aliphatic rings. The number of carbonyl (C=O) groups is 1. The number of fused-ring (bicyclic) bond motifs is 2. The van der Waals surface area contributed by atoms with Crippen LogP contribution in [0.25, 0.3) is 10.2 Å². The number of anilines is 1. The lowest BCUT2D eigenvalue weighted by Gasteiger charge is -2.20. The summed E-state index contributed by atoms with van der Waals surface area (Å²) in [6, 6.07) is 14.8. The van der Waals surface area contributed by atoms with E-state index in [4.69, 9.17) is 19.2 Å². The molecule has 0 bridgehead atoms. The van der Waals surface area contributed by atoms with Crippen LogP contribution in [-0.4, -0.2) is 35.7 Å². The lowest BCUT2D eigenvalue weighted by molar-refractivity contribution is 0.0985. The molecule has 0 fully saturated rings. The first-order chi connectivity index (χ1) is 15.7. The predicted molar refractivity (Wildman–Crippen MR) is 123 cm³/mol.